The van der Waals surface area contributed by atoms with Gasteiger partial charge in [0, 0.05) is 42.3 Å². The first-order chi connectivity index (χ1) is 13.9. The number of aromatic nitrogens is 1. The molecule has 0 saturated carbocycles. The number of fused-ring (bicyclic) bond motifs is 1. The molecule has 0 amide bonds. The van der Waals surface area contributed by atoms with Crippen LogP contribution in [0.5, 0.6) is 0 Å². The van der Waals surface area contributed by atoms with Crippen molar-refractivity contribution in [3.63, 3.8) is 0 Å². The Bertz CT molecular complexity index is 1100. The molecule has 8 heteroatoms. The molecule has 0 aliphatic carbocycles. The minimum atomic E-state index is -3.69. The van der Waals surface area contributed by atoms with E-state index in [1.54, 1.807) is 37.4 Å². The Hall–Kier alpha value is -2.68. The monoisotopic (exact) mass is 415 g/mol. The van der Waals surface area contributed by atoms with E-state index in [0.717, 1.165) is 22.0 Å². The SMILES string of the molecule is CCN(CC(O)Cn1cc(/C=N/O)c2ccccc21)S(=O)(=O)c1ccc(C)cc1. The molecule has 7 nitrogen and oxygen atoms in total. The van der Waals surface area contributed by atoms with Crippen molar-refractivity contribution in [2.24, 2.45) is 5.16 Å². The van der Waals surface area contributed by atoms with Crippen LogP contribution in [0.15, 0.2) is 64.8 Å². The maximum absolute atomic E-state index is 12.9. The molecule has 0 aliphatic rings. The number of oxime groups is 1. The molecule has 0 radical (unpaired) electrons. The van der Waals surface area contributed by atoms with Gasteiger partial charge < -0.3 is 14.9 Å². The third-order valence-corrected chi connectivity index (χ3v) is 6.80. The lowest BCUT2D eigenvalue weighted by atomic mass is 10.2. The van der Waals surface area contributed by atoms with Crippen molar-refractivity contribution in [3.05, 3.63) is 65.9 Å². The number of para-hydroxylation sites is 1. The summed E-state index contributed by atoms with van der Waals surface area (Å²) in [6.45, 7) is 4.08. The number of rotatable bonds is 8. The summed E-state index contributed by atoms with van der Waals surface area (Å²) in [6.07, 6.45) is 2.20. The Labute approximate surface area is 170 Å². The second-order valence-electron chi connectivity index (χ2n) is 6.92. The topological polar surface area (TPSA) is 95.1 Å². The van der Waals surface area contributed by atoms with Crippen LogP contribution < -0.4 is 0 Å². The van der Waals surface area contributed by atoms with E-state index < -0.39 is 16.1 Å². The number of aryl methyl sites for hydroxylation is 1. The third kappa shape index (κ3) is 4.50. The molecule has 3 aromatic rings. The van der Waals surface area contributed by atoms with E-state index >= 15 is 0 Å². The Morgan fingerprint density at radius 3 is 2.52 bits per heavy atom. The highest BCUT2D eigenvalue weighted by Gasteiger charge is 2.25. The van der Waals surface area contributed by atoms with Gasteiger partial charge in [-0.1, -0.05) is 48.0 Å². The van der Waals surface area contributed by atoms with Crippen LogP contribution in [-0.4, -0.2) is 53.0 Å². The number of hydrogen-bond donors (Lipinski definition) is 2. The maximum atomic E-state index is 12.9. The van der Waals surface area contributed by atoms with E-state index in [9.17, 15) is 13.5 Å². The van der Waals surface area contributed by atoms with E-state index in [4.69, 9.17) is 5.21 Å². The number of hydrogen-bond acceptors (Lipinski definition) is 5. The molecule has 154 valence electrons. The first-order valence-electron chi connectivity index (χ1n) is 9.37. The number of sulfonamides is 1. The van der Waals surface area contributed by atoms with Crippen molar-refractivity contribution in [2.75, 3.05) is 13.1 Å². The first kappa shape index (κ1) is 21.0. The Morgan fingerprint density at radius 1 is 1.17 bits per heavy atom. The first-order valence-corrected chi connectivity index (χ1v) is 10.8. The fraction of sp³-hybridized carbons (Fsp3) is 0.286. The highest BCUT2D eigenvalue weighted by atomic mass is 32.2. The molecule has 2 N–H and O–H groups in total. The number of nitrogens with zero attached hydrogens (tertiary/aromatic N) is 3. The fourth-order valence-corrected chi connectivity index (χ4v) is 4.85. The van der Waals surface area contributed by atoms with Gasteiger partial charge in [-0.15, -0.1) is 0 Å². The third-order valence-electron chi connectivity index (χ3n) is 4.85. The minimum Gasteiger partial charge on any atom is -0.411 e. The van der Waals surface area contributed by atoms with Crippen LogP contribution in [0.3, 0.4) is 0 Å². The molecule has 29 heavy (non-hydrogen) atoms. The zero-order chi connectivity index (χ0) is 21.0. The summed E-state index contributed by atoms with van der Waals surface area (Å²) in [7, 11) is -3.69. The van der Waals surface area contributed by atoms with Gasteiger partial charge in [-0.05, 0) is 25.1 Å². The highest BCUT2D eigenvalue weighted by Crippen LogP contribution is 2.21. The van der Waals surface area contributed by atoms with Crippen molar-refractivity contribution in [1.82, 2.24) is 8.87 Å². The van der Waals surface area contributed by atoms with Crippen molar-refractivity contribution in [2.45, 2.75) is 31.4 Å². The Balaban J connectivity index is 1.81. The smallest absolute Gasteiger partial charge is 0.243 e. The zero-order valence-corrected chi connectivity index (χ0v) is 17.2. The normalized spacial score (nSPS) is 13.5. The minimum absolute atomic E-state index is 0.0252. The molecule has 0 spiro atoms. The summed E-state index contributed by atoms with van der Waals surface area (Å²) in [6, 6.07) is 14.2. The number of aliphatic hydroxyl groups is 1. The van der Waals surface area contributed by atoms with Gasteiger partial charge in [-0.2, -0.15) is 4.31 Å². The predicted octanol–water partition coefficient (Wildman–Crippen LogP) is 2.83. The maximum Gasteiger partial charge on any atom is 0.243 e. The molecule has 0 bridgehead atoms. The molecule has 1 aromatic heterocycles. The van der Waals surface area contributed by atoms with Crippen LogP contribution in [-0.2, 0) is 16.6 Å². The quantitative estimate of drug-likeness (QED) is 0.336. The lowest BCUT2D eigenvalue weighted by Gasteiger charge is -2.24. The highest BCUT2D eigenvalue weighted by molar-refractivity contribution is 7.89. The van der Waals surface area contributed by atoms with Crippen molar-refractivity contribution in [1.29, 1.82) is 0 Å². The van der Waals surface area contributed by atoms with Gasteiger partial charge in [0.1, 0.15) is 0 Å². The lowest BCUT2D eigenvalue weighted by molar-refractivity contribution is 0.130. The van der Waals surface area contributed by atoms with Crippen LogP contribution in [0.1, 0.15) is 18.1 Å². The molecule has 3 rings (SSSR count). The summed E-state index contributed by atoms with van der Waals surface area (Å²) in [5.74, 6) is 0. The molecule has 1 unspecified atom stereocenters. The molecule has 0 saturated heterocycles. The fourth-order valence-electron chi connectivity index (χ4n) is 3.37. The number of aliphatic hydroxyl groups excluding tert-OH is 1. The molecule has 1 atom stereocenters. The van der Waals surface area contributed by atoms with E-state index in [-0.39, 0.29) is 24.5 Å². The largest absolute Gasteiger partial charge is 0.411 e. The molecular weight excluding hydrogens is 390 g/mol. The van der Waals surface area contributed by atoms with Crippen molar-refractivity contribution in [3.8, 4) is 0 Å². The van der Waals surface area contributed by atoms with E-state index in [1.165, 1.54) is 10.5 Å². The molecule has 1 heterocycles. The number of benzene rings is 2. The van der Waals surface area contributed by atoms with E-state index in [2.05, 4.69) is 5.16 Å². The average Bonchev–Trinajstić information content (AvgIpc) is 3.04. The van der Waals surface area contributed by atoms with Gasteiger partial charge in [0.2, 0.25) is 10.0 Å². The van der Waals surface area contributed by atoms with Gasteiger partial charge in [0.15, 0.2) is 0 Å². The summed E-state index contributed by atoms with van der Waals surface area (Å²) in [5, 5.41) is 23.5. The average molecular weight is 416 g/mol. The summed E-state index contributed by atoms with van der Waals surface area (Å²) in [4.78, 5) is 0.213. The second-order valence-corrected chi connectivity index (χ2v) is 8.86. The summed E-state index contributed by atoms with van der Waals surface area (Å²) < 4.78 is 29.0. The number of likely N-dealkylation sites (N-methyl/N-ethyl adjacent to an activating group) is 1. The van der Waals surface area contributed by atoms with Crippen LogP contribution in [0.2, 0.25) is 0 Å². The summed E-state index contributed by atoms with van der Waals surface area (Å²) in [5.41, 5.74) is 2.56. The van der Waals surface area contributed by atoms with E-state index in [1.807, 2.05) is 35.8 Å². The van der Waals surface area contributed by atoms with Crippen LogP contribution in [0, 0.1) is 6.92 Å². The molecule has 0 fully saturated rings. The van der Waals surface area contributed by atoms with Crippen molar-refractivity contribution >= 4 is 27.1 Å². The summed E-state index contributed by atoms with van der Waals surface area (Å²) >= 11 is 0. The molecule has 0 aliphatic heterocycles. The molecule has 2 aromatic carbocycles. The van der Waals surface area contributed by atoms with Crippen LogP contribution in [0.25, 0.3) is 10.9 Å². The van der Waals surface area contributed by atoms with Crippen LogP contribution >= 0.6 is 0 Å². The van der Waals surface area contributed by atoms with Gasteiger partial charge in [-0.25, -0.2) is 8.42 Å². The van der Waals surface area contributed by atoms with Gasteiger partial charge >= 0.3 is 0 Å². The molecular formula is C21H25N3O4S. The van der Waals surface area contributed by atoms with Crippen LogP contribution in [0.4, 0.5) is 0 Å². The van der Waals surface area contributed by atoms with Gasteiger partial charge in [0.05, 0.1) is 17.2 Å². The van der Waals surface area contributed by atoms with Gasteiger partial charge in [0.25, 0.3) is 0 Å². The lowest BCUT2D eigenvalue weighted by Crippen LogP contribution is -2.38. The van der Waals surface area contributed by atoms with Crippen molar-refractivity contribution < 1.29 is 18.7 Å². The second kappa shape index (κ2) is 8.77. The predicted molar refractivity (Wildman–Crippen MR) is 113 cm³/mol. The van der Waals surface area contributed by atoms with Gasteiger partial charge in [-0.3, -0.25) is 0 Å². The van der Waals surface area contributed by atoms with E-state index in [0.29, 0.717) is 0 Å². The zero-order valence-electron chi connectivity index (χ0n) is 16.4. The standard InChI is InChI=1S/C21H25N3O4S/c1-3-24(29(27,28)19-10-8-16(2)9-11-19)15-18(25)14-23-13-17(12-22-26)20-6-4-5-7-21(20)23/h4-13,18,25-26H,3,14-15H2,1-2H3/b22-12+. The Morgan fingerprint density at radius 2 is 1.86 bits per heavy atom. The Kier molecular flexibility index (Phi) is 6.36.